The van der Waals surface area contributed by atoms with E-state index in [0.717, 1.165) is 33.9 Å². The van der Waals surface area contributed by atoms with Gasteiger partial charge in [-0.1, -0.05) is 23.7 Å². The van der Waals surface area contributed by atoms with Crippen LogP contribution in [0.3, 0.4) is 0 Å². The molecule has 9 nitrogen and oxygen atoms in total. The lowest BCUT2D eigenvalue weighted by atomic mass is 10.1. The van der Waals surface area contributed by atoms with Crippen LogP contribution in [0.5, 0.6) is 0 Å². The molecule has 0 spiro atoms. The van der Waals surface area contributed by atoms with E-state index in [9.17, 15) is 4.79 Å². The highest BCUT2D eigenvalue weighted by molar-refractivity contribution is 6.30. The molecule has 0 saturated carbocycles. The van der Waals surface area contributed by atoms with Gasteiger partial charge in [-0.25, -0.2) is 14.9 Å². The molecule has 1 amide bonds. The van der Waals surface area contributed by atoms with Gasteiger partial charge in [-0.3, -0.25) is 9.48 Å². The lowest BCUT2D eigenvalue weighted by Crippen LogP contribution is -2.19. The molecule has 0 aliphatic heterocycles. The largest absolute Gasteiger partial charge is 0.311 e. The zero-order valence-electron chi connectivity index (χ0n) is 16.9. The number of carbonyl (C=O) groups is 1. The number of benzene rings is 1. The minimum Gasteiger partial charge on any atom is -0.272 e. The van der Waals surface area contributed by atoms with Gasteiger partial charge in [-0.15, -0.1) is 5.10 Å². The fourth-order valence-electron chi connectivity index (χ4n) is 3.06. The zero-order valence-corrected chi connectivity index (χ0v) is 17.6. The molecule has 152 valence electrons. The monoisotopic (exact) mass is 422 g/mol. The van der Waals surface area contributed by atoms with Gasteiger partial charge in [0, 0.05) is 34.6 Å². The predicted octanol–water partition coefficient (Wildman–Crippen LogP) is 2.87. The van der Waals surface area contributed by atoms with Gasteiger partial charge in [0.25, 0.3) is 5.78 Å². The summed E-state index contributed by atoms with van der Waals surface area (Å²) in [7, 11) is 1.85. The molecule has 3 heterocycles. The third kappa shape index (κ3) is 3.67. The van der Waals surface area contributed by atoms with Crippen molar-refractivity contribution in [1.29, 1.82) is 0 Å². The SMILES string of the molecule is Cc1nn(C)c(C)c1C=NNC(=O)c1nc2nc(-c3ccc(Cl)cc3)cc(C)n2n1. The second-order valence-corrected chi connectivity index (χ2v) is 7.28. The first-order chi connectivity index (χ1) is 14.3. The van der Waals surface area contributed by atoms with Gasteiger partial charge in [0.05, 0.1) is 17.6 Å². The number of carbonyl (C=O) groups excluding carboxylic acids is 1. The number of hydrazone groups is 1. The molecule has 10 heteroatoms. The number of nitrogens with one attached hydrogen (secondary N) is 1. The van der Waals surface area contributed by atoms with Gasteiger partial charge in [-0.2, -0.15) is 15.2 Å². The molecule has 0 radical (unpaired) electrons. The summed E-state index contributed by atoms with van der Waals surface area (Å²) in [6.45, 7) is 5.68. The highest BCUT2D eigenvalue weighted by Crippen LogP contribution is 2.21. The predicted molar refractivity (Wildman–Crippen MR) is 114 cm³/mol. The summed E-state index contributed by atoms with van der Waals surface area (Å²) < 4.78 is 3.28. The van der Waals surface area contributed by atoms with Crippen LogP contribution in [-0.4, -0.2) is 41.5 Å². The van der Waals surface area contributed by atoms with Gasteiger partial charge >= 0.3 is 5.91 Å². The van der Waals surface area contributed by atoms with Crippen molar-refractivity contribution < 1.29 is 4.79 Å². The Balaban J connectivity index is 1.58. The first-order valence-electron chi connectivity index (χ1n) is 9.17. The van der Waals surface area contributed by atoms with Crippen molar-refractivity contribution in [3.8, 4) is 11.3 Å². The molecule has 0 aliphatic rings. The lowest BCUT2D eigenvalue weighted by molar-refractivity contribution is 0.0945. The number of hydrogen-bond acceptors (Lipinski definition) is 6. The normalized spacial score (nSPS) is 11.5. The minimum atomic E-state index is -0.525. The molecular weight excluding hydrogens is 404 g/mol. The lowest BCUT2D eigenvalue weighted by Gasteiger charge is -2.03. The molecule has 0 bridgehead atoms. The molecule has 4 rings (SSSR count). The Morgan fingerprint density at radius 3 is 2.53 bits per heavy atom. The summed E-state index contributed by atoms with van der Waals surface area (Å²) in [5.41, 5.74) is 7.49. The highest BCUT2D eigenvalue weighted by atomic mass is 35.5. The minimum absolute atomic E-state index is 0.0179. The van der Waals surface area contributed by atoms with E-state index < -0.39 is 5.91 Å². The Kier molecular flexibility index (Phi) is 5.04. The molecule has 0 fully saturated rings. The highest BCUT2D eigenvalue weighted by Gasteiger charge is 2.16. The number of rotatable bonds is 4. The van der Waals surface area contributed by atoms with E-state index in [-0.39, 0.29) is 5.82 Å². The number of amides is 1. The van der Waals surface area contributed by atoms with Crippen molar-refractivity contribution in [3.63, 3.8) is 0 Å². The zero-order chi connectivity index (χ0) is 21.4. The van der Waals surface area contributed by atoms with Crippen molar-refractivity contribution in [2.45, 2.75) is 20.8 Å². The number of halogens is 1. The van der Waals surface area contributed by atoms with E-state index in [4.69, 9.17) is 11.6 Å². The van der Waals surface area contributed by atoms with Crippen molar-refractivity contribution in [1.82, 2.24) is 34.8 Å². The van der Waals surface area contributed by atoms with Crippen LogP contribution in [0, 0.1) is 20.8 Å². The van der Waals surface area contributed by atoms with Crippen LogP contribution in [0.25, 0.3) is 17.0 Å². The number of aromatic nitrogens is 6. The van der Waals surface area contributed by atoms with E-state index in [2.05, 4.69) is 30.7 Å². The van der Waals surface area contributed by atoms with Crippen molar-refractivity contribution in [2.75, 3.05) is 0 Å². The van der Waals surface area contributed by atoms with E-state index >= 15 is 0 Å². The van der Waals surface area contributed by atoms with Crippen LogP contribution >= 0.6 is 11.6 Å². The Bertz CT molecular complexity index is 1290. The molecule has 1 N–H and O–H groups in total. The van der Waals surface area contributed by atoms with Crippen LogP contribution in [-0.2, 0) is 7.05 Å². The average Bonchev–Trinajstić information content (AvgIpc) is 3.25. The number of nitrogens with zero attached hydrogens (tertiary/aromatic N) is 7. The topological polar surface area (TPSA) is 102 Å². The molecule has 4 aromatic rings. The van der Waals surface area contributed by atoms with E-state index in [1.165, 1.54) is 4.52 Å². The van der Waals surface area contributed by atoms with Crippen molar-refractivity contribution in [2.24, 2.45) is 12.1 Å². The van der Waals surface area contributed by atoms with Gasteiger partial charge in [0.2, 0.25) is 5.82 Å². The molecule has 0 saturated heterocycles. The maximum atomic E-state index is 12.5. The van der Waals surface area contributed by atoms with Gasteiger partial charge < -0.3 is 0 Å². The smallest absolute Gasteiger partial charge is 0.272 e. The summed E-state index contributed by atoms with van der Waals surface area (Å²) in [5.74, 6) is -0.216. The van der Waals surface area contributed by atoms with Gasteiger partial charge in [0.15, 0.2) is 0 Å². The van der Waals surface area contributed by atoms with Crippen molar-refractivity contribution in [3.05, 3.63) is 63.8 Å². The fraction of sp³-hybridized carbons (Fsp3) is 0.200. The third-order valence-corrected chi connectivity index (χ3v) is 5.01. The first-order valence-corrected chi connectivity index (χ1v) is 9.55. The number of fused-ring (bicyclic) bond motifs is 1. The quantitative estimate of drug-likeness (QED) is 0.402. The van der Waals surface area contributed by atoms with Crippen LogP contribution in [0.15, 0.2) is 35.4 Å². The maximum Gasteiger partial charge on any atom is 0.311 e. The Morgan fingerprint density at radius 2 is 1.87 bits per heavy atom. The van der Waals surface area contributed by atoms with Crippen LogP contribution < -0.4 is 5.43 Å². The summed E-state index contributed by atoms with van der Waals surface area (Å²) in [6.07, 6.45) is 1.56. The first kappa shape index (κ1) is 19.7. The van der Waals surface area contributed by atoms with Crippen LogP contribution in [0.2, 0.25) is 5.02 Å². The molecule has 30 heavy (non-hydrogen) atoms. The Hall–Kier alpha value is -3.59. The maximum absolute atomic E-state index is 12.5. The average molecular weight is 423 g/mol. The standard InChI is InChI=1S/C20H19ClN8O/c1-11-9-17(14-5-7-15(21)8-6-14)23-20-24-18(27-29(11)20)19(30)25-22-10-16-12(2)26-28(4)13(16)3/h5-10H,1-4H3,(H,25,30). The summed E-state index contributed by atoms with van der Waals surface area (Å²) in [6, 6.07) is 9.22. The molecule has 0 aliphatic carbocycles. The molecule has 0 unspecified atom stereocenters. The van der Waals surface area contributed by atoms with Crippen LogP contribution in [0.4, 0.5) is 0 Å². The van der Waals surface area contributed by atoms with E-state index in [0.29, 0.717) is 10.8 Å². The second kappa shape index (κ2) is 7.68. The summed E-state index contributed by atoms with van der Waals surface area (Å²) in [5, 5.41) is 13.2. The van der Waals surface area contributed by atoms with E-state index in [1.807, 2.05) is 46.0 Å². The summed E-state index contributed by atoms with van der Waals surface area (Å²) in [4.78, 5) is 21.2. The van der Waals surface area contributed by atoms with Crippen LogP contribution in [0.1, 0.15) is 33.3 Å². The number of hydrogen-bond donors (Lipinski definition) is 1. The number of aryl methyl sites for hydroxylation is 3. The second-order valence-electron chi connectivity index (χ2n) is 6.84. The molecular formula is C20H19ClN8O. The van der Waals surface area contributed by atoms with Crippen molar-refractivity contribution >= 4 is 29.5 Å². The molecule has 3 aromatic heterocycles. The van der Waals surface area contributed by atoms with Gasteiger partial charge in [0.1, 0.15) is 0 Å². The Labute approximate surface area is 177 Å². The fourth-order valence-corrected chi connectivity index (χ4v) is 3.18. The third-order valence-electron chi connectivity index (χ3n) is 4.76. The molecule has 1 aromatic carbocycles. The molecule has 0 atom stereocenters. The summed E-state index contributed by atoms with van der Waals surface area (Å²) >= 11 is 5.96. The van der Waals surface area contributed by atoms with Gasteiger partial charge in [-0.05, 0) is 39.0 Å². The Morgan fingerprint density at radius 1 is 1.13 bits per heavy atom. The van der Waals surface area contributed by atoms with E-state index in [1.54, 1.807) is 23.0 Å².